The zero-order chi connectivity index (χ0) is 10.8. The molecule has 1 saturated carbocycles. The molecule has 84 valence electrons. The fourth-order valence-corrected chi connectivity index (χ4v) is 2.35. The standard InChI is InChI=1S/C13H27N/c1-6-13(5,7-2)11-8-12(11)14-9-10(3)4/h10-12,14H,6-9H2,1-5H3. The summed E-state index contributed by atoms with van der Waals surface area (Å²) in [6.45, 7) is 12.9. The van der Waals surface area contributed by atoms with Gasteiger partial charge in [-0.05, 0) is 30.2 Å². The first-order chi connectivity index (χ1) is 6.53. The first-order valence-electron chi connectivity index (χ1n) is 6.27. The summed E-state index contributed by atoms with van der Waals surface area (Å²) in [6, 6.07) is 0.822. The van der Waals surface area contributed by atoms with Gasteiger partial charge in [-0.3, -0.25) is 0 Å². The monoisotopic (exact) mass is 197 g/mol. The second kappa shape index (κ2) is 4.65. The number of hydrogen-bond acceptors (Lipinski definition) is 1. The molecule has 1 N–H and O–H groups in total. The Kier molecular flexibility index (Phi) is 4.00. The van der Waals surface area contributed by atoms with E-state index in [1.807, 2.05) is 0 Å². The SMILES string of the molecule is CCC(C)(CC)C1CC1NCC(C)C. The van der Waals surface area contributed by atoms with Gasteiger partial charge in [-0.1, -0.05) is 47.5 Å². The van der Waals surface area contributed by atoms with Gasteiger partial charge < -0.3 is 5.32 Å². The predicted octanol–water partition coefficient (Wildman–Crippen LogP) is 3.45. The van der Waals surface area contributed by atoms with Crippen LogP contribution in [0.1, 0.15) is 53.9 Å². The molecule has 0 aromatic carbocycles. The van der Waals surface area contributed by atoms with Gasteiger partial charge in [0.05, 0.1) is 0 Å². The zero-order valence-corrected chi connectivity index (χ0v) is 10.6. The summed E-state index contributed by atoms with van der Waals surface area (Å²) >= 11 is 0. The third-order valence-corrected chi connectivity index (χ3v) is 4.09. The van der Waals surface area contributed by atoms with Crippen molar-refractivity contribution in [3.05, 3.63) is 0 Å². The van der Waals surface area contributed by atoms with Gasteiger partial charge in [-0.25, -0.2) is 0 Å². The third-order valence-electron chi connectivity index (χ3n) is 4.09. The Morgan fingerprint density at radius 3 is 2.29 bits per heavy atom. The number of rotatable bonds is 6. The molecule has 0 saturated heterocycles. The van der Waals surface area contributed by atoms with Crippen molar-refractivity contribution in [2.75, 3.05) is 6.54 Å². The molecule has 0 heterocycles. The molecule has 1 aliphatic rings. The lowest BCUT2D eigenvalue weighted by Crippen LogP contribution is -2.28. The molecule has 1 nitrogen and oxygen atoms in total. The molecule has 0 amide bonds. The van der Waals surface area contributed by atoms with Gasteiger partial charge in [-0.15, -0.1) is 0 Å². The van der Waals surface area contributed by atoms with E-state index in [1.165, 1.54) is 25.8 Å². The molecule has 2 unspecified atom stereocenters. The summed E-state index contributed by atoms with van der Waals surface area (Å²) in [4.78, 5) is 0. The van der Waals surface area contributed by atoms with E-state index < -0.39 is 0 Å². The van der Waals surface area contributed by atoms with Crippen molar-refractivity contribution in [2.24, 2.45) is 17.3 Å². The number of nitrogens with one attached hydrogen (secondary N) is 1. The molecule has 1 aliphatic carbocycles. The highest BCUT2D eigenvalue weighted by Crippen LogP contribution is 2.49. The smallest absolute Gasteiger partial charge is 0.0105 e. The summed E-state index contributed by atoms with van der Waals surface area (Å²) in [6.07, 6.45) is 4.06. The van der Waals surface area contributed by atoms with E-state index in [9.17, 15) is 0 Å². The van der Waals surface area contributed by atoms with Crippen LogP contribution in [0.25, 0.3) is 0 Å². The number of hydrogen-bond donors (Lipinski definition) is 1. The van der Waals surface area contributed by atoms with Gasteiger partial charge in [0.1, 0.15) is 0 Å². The van der Waals surface area contributed by atoms with Gasteiger partial charge in [0.25, 0.3) is 0 Å². The summed E-state index contributed by atoms with van der Waals surface area (Å²) < 4.78 is 0. The average Bonchev–Trinajstić information content (AvgIpc) is 2.93. The van der Waals surface area contributed by atoms with E-state index >= 15 is 0 Å². The van der Waals surface area contributed by atoms with Crippen LogP contribution in [0.3, 0.4) is 0 Å². The minimum atomic E-state index is 0.592. The van der Waals surface area contributed by atoms with Crippen LogP contribution >= 0.6 is 0 Å². The zero-order valence-electron chi connectivity index (χ0n) is 10.6. The quantitative estimate of drug-likeness (QED) is 0.688. The largest absolute Gasteiger partial charge is 0.313 e. The fourth-order valence-electron chi connectivity index (χ4n) is 2.35. The van der Waals surface area contributed by atoms with Gasteiger partial charge in [0.2, 0.25) is 0 Å². The van der Waals surface area contributed by atoms with Crippen LogP contribution in [0.2, 0.25) is 0 Å². The molecule has 1 heteroatoms. The lowest BCUT2D eigenvalue weighted by Gasteiger charge is -2.27. The Morgan fingerprint density at radius 1 is 1.29 bits per heavy atom. The van der Waals surface area contributed by atoms with Crippen molar-refractivity contribution < 1.29 is 0 Å². The van der Waals surface area contributed by atoms with Crippen molar-refractivity contribution >= 4 is 0 Å². The Hall–Kier alpha value is -0.0400. The van der Waals surface area contributed by atoms with Crippen molar-refractivity contribution in [3.8, 4) is 0 Å². The van der Waals surface area contributed by atoms with Crippen LogP contribution in [0.5, 0.6) is 0 Å². The van der Waals surface area contributed by atoms with Crippen molar-refractivity contribution in [1.82, 2.24) is 5.32 Å². The predicted molar refractivity (Wildman–Crippen MR) is 63.4 cm³/mol. The maximum Gasteiger partial charge on any atom is 0.0105 e. The van der Waals surface area contributed by atoms with Crippen LogP contribution in [0.4, 0.5) is 0 Å². The molecule has 0 aliphatic heterocycles. The molecule has 0 radical (unpaired) electrons. The Labute approximate surface area is 89.7 Å². The topological polar surface area (TPSA) is 12.0 Å². The van der Waals surface area contributed by atoms with E-state index in [-0.39, 0.29) is 0 Å². The molecule has 0 spiro atoms. The second-order valence-electron chi connectivity index (χ2n) is 5.61. The molecule has 0 aromatic heterocycles. The van der Waals surface area contributed by atoms with Crippen molar-refractivity contribution in [3.63, 3.8) is 0 Å². The summed E-state index contributed by atoms with van der Waals surface area (Å²) in [5.74, 6) is 1.72. The van der Waals surface area contributed by atoms with E-state index in [0.717, 1.165) is 17.9 Å². The lowest BCUT2D eigenvalue weighted by molar-refractivity contribution is 0.238. The summed E-state index contributed by atoms with van der Waals surface area (Å²) in [7, 11) is 0. The molecule has 14 heavy (non-hydrogen) atoms. The van der Waals surface area contributed by atoms with Crippen LogP contribution in [-0.2, 0) is 0 Å². The van der Waals surface area contributed by atoms with E-state index in [1.54, 1.807) is 0 Å². The average molecular weight is 197 g/mol. The first-order valence-corrected chi connectivity index (χ1v) is 6.27. The van der Waals surface area contributed by atoms with E-state index in [2.05, 4.69) is 39.9 Å². The molecule has 1 fully saturated rings. The minimum absolute atomic E-state index is 0.592. The van der Waals surface area contributed by atoms with E-state index in [4.69, 9.17) is 0 Å². The Bertz CT molecular complexity index is 170. The van der Waals surface area contributed by atoms with Gasteiger partial charge in [-0.2, -0.15) is 0 Å². The first kappa shape index (κ1) is 12.0. The fraction of sp³-hybridized carbons (Fsp3) is 1.00. The van der Waals surface area contributed by atoms with Crippen LogP contribution in [0.15, 0.2) is 0 Å². The molecule has 0 aromatic rings. The summed E-state index contributed by atoms with van der Waals surface area (Å²) in [5.41, 5.74) is 0.592. The molecule has 2 atom stereocenters. The third kappa shape index (κ3) is 2.73. The lowest BCUT2D eigenvalue weighted by atomic mass is 9.79. The molecule has 1 rings (SSSR count). The maximum absolute atomic E-state index is 3.68. The highest BCUT2D eigenvalue weighted by molar-refractivity contribution is 5.02. The highest BCUT2D eigenvalue weighted by Gasteiger charge is 2.47. The van der Waals surface area contributed by atoms with Gasteiger partial charge >= 0.3 is 0 Å². The molecular weight excluding hydrogens is 170 g/mol. The normalized spacial score (nSPS) is 27.0. The summed E-state index contributed by atoms with van der Waals surface area (Å²) in [5, 5.41) is 3.68. The molecular formula is C13H27N. The Balaban J connectivity index is 2.30. The van der Waals surface area contributed by atoms with E-state index in [0.29, 0.717) is 5.41 Å². The van der Waals surface area contributed by atoms with Gasteiger partial charge in [0.15, 0.2) is 0 Å². The molecule has 0 bridgehead atoms. The second-order valence-corrected chi connectivity index (χ2v) is 5.61. The maximum atomic E-state index is 3.68. The van der Waals surface area contributed by atoms with Gasteiger partial charge in [0, 0.05) is 6.04 Å². The highest BCUT2D eigenvalue weighted by atomic mass is 15.0. The Morgan fingerprint density at radius 2 is 1.86 bits per heavy atom. The van der Waals surface area contributed by atoms with Crippen molar-refractivity contribution in [2.45, 2.75) is 59.9 Å². The van der Waals surface area contributed by atoms with Crippen molar-refractivity contribution in [1.29, 1.82) is 0 Å². The van der Waals surface area contributed by atoms with Crippen LogP contribution in [0, 0.1) is 17.3 Å². The van der Waals surface area contributed by atoms with Crippen LogP contribution < -0.4 is 5.32 Å². The van der Waals surface area contributed by atoms with Crippen LogP contribution in [-0.4, -0.2) is 12.6 Å². The minimum Gasteiger partial charge on any atom is -0.313 e.